The molecule has 0 fully saturated rings. The summed E-state index contributed by atoms with van der Waals surface area (Å²) in [7, 11) is 7.17. The van der Waals surface area contributed by atoms with Crippen molar-refractivity contribution in [3.8, 4) is 11.5 Å². The van der Waals surface area contributed by atoms with Crippen LogP contribution in [-0.2, 0) is 6.54 Å². The van der Waals surface area contributed by atoms with E-state index in [9.17, 15) is 0 Å². The van der Waals surface area contributed by atoms with Gasteiger partial charge in [0.2, 0.25) is 0 Å². The SMILES string of the molecule is CCN(CC)C(C)CNC(=NC)N(C)Cc1ccc(OC)cc1OC.I. The van der Waals surface area contributed by atoms with Crippen LogP contribution in [0.4, 0.5) is 0 Å². The van der Waals surface area contributed by atoms with E-state index in [1.54, 1.807) is 14.2 Å². The van der Waals surface area contributed by atoms with Crippen LogP contribution in [0.15, 0.2) is 23.2 Å². The highest BCUT2D eigenvalue weighted by Crippen LogP contribution is 2.25. The highest BCUT2D eigenvalue weighted by Gasteiger charge is 2.14. The zero-order chi connectivity index (χ0) is 18.8. The summed E-state index contributed by atoms with van der Waals surface area (Å²) in [5.74, 6) is 2.48. The van der Waals surface area contributed by atoms with E-state index < -0.39 is 0 Å². The normalized spacial score (nSPS) is 12.4. The van der Waals surface area contributed by atoms with Gasteiger partial charge in [-0.05, 0) is 32.1 Å². The number of rotatable bonds is 9. The van der Waals surface area contributed by atoms with Crippen LogP contribution >= 0.6 is 24.0 Å². The quantitative estimate of drug-likeness (QED) is 0.336. The summed E-state index contributed by atoms with van der Waals surface area (Å²) >= 11 is 0. The Kier molecular flexibility index (Phi) is 12.4. The van der Waals surface area contributed by atoms with Crippen molar-refractivity contribution in [2.75, 3.05) is 47.9 Å². The molecule has 0 spiro atoms. The summed E-state index contributed by atoms with van der Waals surface area (Å²) in [5.41, 5.74) is 1.09. The molecule has 0 saturated carbocycles. The molecule has 0 aromatic heterocycles. The van der Waals surface area contributed by atoms with Crippen molar-refractivity contribution in [3.63, 3.8) is 0 Å². The molecule has 7 heteroatoms. The first kappa shape index (κ1) is 24.8. The van der Waals surface area contributed by atoms with Gasteiger partial charge in [0.05, 0.1) is 14.2 Å². The topological polar surface area (TPSA) is 49.3 Å². The van der Waals surface area contributed by atoms with Gasteiger partial charge in [0.25, 0.3) is 0 Å². The molecule has 1 rings (SSSR count). The second-order valence-electron chi connectivity index (χ2n) is 6.03. The maximum atomic E-state index is 5.49. The minimum atomic E-state index is 0. The Morgan fingerprint density at radius 2 is 1.85 bits per heavy atom. The number of aliphatic imine (C=N–C) groups is 1. The third-order valence-corrected chi connectivity index (χ3v) is 4.47. The molecule has 150 valence electrons. The fraction of sp³-hybridized carbons (Fsp3) is 0.632. The fourth-order valence-corrected chi connectivity index (χ4v) is 2.91. The molecule has 1 N–H and O–H groups in total. The highest BCUT2D eigenvalue weighted by atomic mass is 127. The smallest absolute Gasteiger partial charge is 0.193 e. The summed E-state index contributed by atoms with van der Waals surface area (Å²) in [5, 5.41) is 3.47. The number of hydrogen-bond acceptors (Lipinski definition) is 4. The molecule has 0 aliphatic heterocycles. The van der Waals surface area contributed by atoms with Gasteiger partial charge in [-0.15, -0.1) is 24.0 Å². The van der Waals surface area contributed by atoms with Crippen LogP contribution in [0.25, 0.3) is 0 Å². The van der Waals surface area contributed by atoms with Crippen molar-refractivity contribution >= 4 is 29.9 Å². The maximum absolute atomic E-state index is 5.49. The second-order valence-corrected chi connectivity index (χ2v) is 6.03. The van der Waals surface area contributed by atoms with Gasteiger partial charge in [-0.2, -0.15) is 0 Å². The molecule has 0 radical (unpaired) electrons. The summed E-state index contributed by atoms with van der Waals surface area (Å²) in [4.78, 5) is 8.92. The summed E-state index contributed by atoms with van der Waals surface area (Å²) in [6.45, 7) is 10.3. The second kappa shape index (κ2) is 13.0. The lowest BCUT2D eigenvalue weighted by Crippen LogP contribution is -2.46. The number of hydrogen-bond donors (Lipinski definition) is 1. The minimum absolute atomic E-state index is 0. The van der Waals surface area contributed by atoms with E-state index in [0.717, 1.165) is 42.7 Å². The number of likely N-dealkylation sites (N-methyl/N-ethyl adjacent to an activating group) is 1. The first-order valence-electron chi connectivity index (χ1n) is 8.87. The standard InChI is InChI=1S/C19H34N4O2.HI/c1-8-23(9-2)15(3)13-21-19(20-4)22(5)14-16-10-11-17(24-6)12-18(16)25-7;/h10-12,15H,8-9,13-14H2,1-7H3,(H,20,21);1H. The predicted molar refractivity (Wildman–Crippen MR) is 120 cm³/mol. The van der Waals surface area contributed by atoms with Crippen molar-refractivity contribution in [1.82, 2.24) is 15.1 Å². The summed E-state index contributed by atoms with van der Waals surface area (Å²) in [6.07, 6.45) is 0. The zero-order valence-corrected chi connectivity index (χ0v) is 19.5. The van der Waals surface area contributed by atoms with Crippen LogP contribution in [0, 0.1) is 0 Å². The Labute approximate surface area is 176 Å². The first-order valence-corrected chi connectivity index (χ1v) is 8.87. The molecular weight excluding hydrogens is 443 g/mol. The van der Waals surface area contributed by atoms with Gasteiger partial charge >= 0.3 is 0 Å². The monoisotopic (exact) mass is 478 g/mol. The number of methoxy groups -OCH3 is 2. The Bertz CT molecular complexity index is 550. The molecule has 1 unspecified atom stereocenters. The molecule has 1 aromatic carbocycles. The van der Waals surface area contributed by atoms with Crippen LogP contribution in [0.1, 0.15) is 26.3 Å². The molecule has 0 bridgehead atoms. The first-order chi connectivity index (χ1) is 12.0. The summed E-state index contributed by atoms with van der Waals surface area (Å²) < 4.78 is 10.7. The fourth-order valence-electron chi connectivity index (χ4n) is 2.91. The van der Waals surface area contributed by atoms with E-state index in [0.29, 0.717) is 12.6 Å². The van der Waals surface area contributed by atoms with Gasteiger partial charge in [-0.25, -0.2) is 0 Å². The molecule has 0 saturated heterocycles. The Hall–Kier alpha value is -1.22. The van der Waals surface area contributed by atoms with Crippen molar-refractivity contribution < 1.29 is 9.47 Å². The molecule has 6 nitrogen and oxygen atoms in total. The van der Waals surface area contributed by atoms with E-state index in [4.69, 9.17) is 9.47 Å². The number of nitrogens with zero attached hydrogens (tertiary/aromatic N) is 3. The van der Waals surface area contributed by atoms with E-state index in [1.807, 2.05) is 32.3 Å². The van der Waals surface area contributed by atoms with E-state index in [2.05, 4.69) is 40.9 Å². The number of nitrogens with one attached hydrogen (secondary N) is 1. The zero-order valence-electron chi connectivity index (χ0n) is 17.2. The van der Waals surface area contributed by atoms with Crippen molar-refractivity contribution in [1.29, 1.82) is 0 Å². The third-order valence-electron chi connectivity index (χ3n) is 4.47. The average molecular weight is 478 g/mol. The van der Waals surface area contributed by atoms with Gasteiger partial charge < -0.3 is 19.7 Å². The Morgan fingerprint density at radius 3 is 2.35 bits per heavy atom. The van der Waals surface area contributed by atoms with Crippen LogP contribution in [-0.4, -0.2) is 69.8 Å². The van der Waals surface area contributed by atoms with Crippen molar-refractivity contribution in [2.24, 2.45) is 4.99 Å². The van der Waals surface area contributed by atoms with E-state index in [-0.39, 0.29) is 24.0 Å². The van der Waals surface area contributed by atoms with Gasteiger partial charge in [0.15, 0.2) is 5.96 Å². The predicted octanol–water partition coefficient (Wildman–Crippen LogP) is 3.06. The lowest BCUT2D eigenvalue weighted by Gasteiger charge is -2.29. The van der Waals surface area contributed by atoms with Crippen LogP contribution in [0.5, 0.6) is 11.5 Å². The number of benzene rings is 1. The molecule has 0 aliphatic carbocycles. The molecule has 1 atom stereocenters. The number of halogens is 1. The highest BCUT2D eigenvalue weighted by molar-refractivity contribution is 14.0. The third kappa shape index (κ3) is 7.19. The van der Waals surface area contributed by atoms with E-state index >= 15 is 0 Å². The number of guanidine groups is 1. The Balaban J connectivity index is 0.00000625. The number of ether oxygens (including phenoxy) is 2. The largest absolute Gasteiger partial charge is 0.497 e. The average Bonchev–Trinajstić information content (AvgIpc) is 2.63. The van der Waals surface area contributed by atoms with Gasteiger partial charge in [0, 0.05) is 44.9 Å². The molecule has 0 amide bonds. The molecule has 0 aliphatic rings. The summed E-state index contributed by atoms with van der Waals surface area (Å²) in [6, 6.07) is 6.34. The van der Waals surface area contributed by atoms with Gasteiger partial charge in [-0.1, -0.05) is 13.8 Å². The van der Waals surface area contributed by atoms with Crippen LogP contribution < -0.4 is 14.8 Å². The minimum Gasteiger partial charge on any atom is -0.497 e. The lowest BCUT2D eigenvalue weighted by molar-refractivity contribution is 0.230. The molecule has 0 heterocycles. The van der Waals surface area contributed by atoms with Crippen LogP contribution in [0.3, 0.4) is 0 Å². The van der Waals surface area contributed by atoms with Gasteiger partial charge in [0.1, 0.15) is 11.5 Å². The van der Waals surface area contributed by atoms with Crippen molar-refractivity contribution in [2.45, 2.75) is 33.4 Å². The molecule has 1 aromatic rings. The molecular formula is C19H35IN4O2. The lowest BCUT2D eigenvalue weighted by atomic mass is 10.2. The van der Waals surface area contributed by atoms with Crippen LogP contribution in [0.2, 0.25) is 0 Å². The Morgan fingerprint density at radius 1 is 1.19 bits per heavy atom. The van der Waals surface area contributed by atoms with E-state index in [1.165, 1.54) is 0 Å². The maximum Gasteiger partial charge on any atom is 0.193 e. The van der Waals surface area contributed by atoms with Gasteiger partial charge in [-0.3, -0.25) is 9.89 Å². The molecule has 26 heavy (non-hydrogen) atoms. The van der Waals surface area contributed by atoms with Crippen molar-refractivity contribution in [3.05, 3.63) is 23.8 Å².